The van der Waals surface area contributed by atoms with Gasteiger partial charge in [-0.15, -0.1) is 11.3 Å². The summed E-state index contributed by atoms with van der Waals surface area (Å²) in [6, 6.07) is 2.40. The molecule has 1 amide bonds. The van der Waals surface area contributed by atoms with E-state index in [-0.39, 0.29) is 11.7 Å². The SMILES string of the molecule is CN1CC2(CCN(Cc3cc(CN4CCCCC4)cs3)CC2)OC1=O. The van der Waals surface area contributed by atoms with E-state index in [0.29, 0.717) is 0 Å². The number of likely N-dealkylation sites (N-methyl/N-ethyl adjacent to an activating group) is 1. The van der Waals surface area contributed by atoms with Crippen LogP contribution in [0.4, 0.5) is 4.79 Å². The Bertz CT molecular complexity index is 604. The molecule has 0 N–H and O–H groups in total. The molecule has 0 radical (unpaired) electrons. The number of carbonyl (C=O) groups excluding carboxylic acids is 1. The molecule has 0 unspecified atom stereocenters. The first-order valence-corrected chi connectivity index (χ1v) is 10.5. The molecule has 3 aliphatic rings. The van der Waals surface area contributed by atoms with Crippen molar-refractivity contribution in [3.05, 3.63) is 21.9 Å². The van der Waals surface area contributed by atoms with Crippen LogP contribution in [-0.2, 0) is 17.8 Å². The maximum absolute atomic E-state index is 11.7. The van der Waals surface area contributed by atoms with Crippen molar-refractivity contribution < 1.29 is 9.53 Å². The second kappa shape index (κ2) is 7.25. The van der Waals surface area contributed by atoms with Gasteiger partial charge in [0, 0.05) is 50.9 Å². The highest BCUT2D eigenvalue weighted by Gasteiger charge is 2.45. The Morgan fingerprint density at radius 3 is 2.48 bits per heavy atom. The number of carbonyl (C=O) groups is 1. The maximum atomic E-state index is 11.7. The van der Waals surface area contributed by atoms with Crippen molar-refractivity contribution in [1.29, 1.82) is 0 Å². The molecule has 3 fully saturated rings. The fourth-order valence-electron chi connectivity index (χ4n) is 4.36. The fraction of sp³-hybridized carbons (Fsp3) is 0.737. The highest BCUT2D eigenvalue weighted by atomic mass is 32.1. The monoisotopic (exact) mass is 363 g/mol. The molecule has 25 heavy (non-hydrogen) atoms. The van der Waals surface area contributed by atoms with E-state index in [1.54, 1.807) is 4.90 Å². The van der Waals surface area contributed by atoms with Crippen molar-refractivity contribution >= 4 is 17.4 Å². The molecule has 0 aromatic carbocycles. The van der Waals surface area contributed by atoms with E-state index in [9.17, 15) is 4.79 Å². The summed E-state index contributed by atoms with van der Waals surface area (Å²) in [5.41, 5.74) is 1.25. The first-order valence-electron chi connectivity index (χ1n) is 9.57. The van der Waals surface area contributed by atoms with Gasteiger partial charge in [0.1, 0.15) is 5.60 Å². The predicted octanol–water partition coefficient (Wildman–Crippen LogP) is 3.15. The fourth-order valence-corrected chi connectivity index (χ4v) is 5.28. The molecule has 6 heteroatoms. The van der Waals surface area contributed by atoms with Crippen LogP contribution in [0.15, 0.2) is 11.4 Å². The van der Waals surface area contributed by atoms with Gasteiger partial charge in [-0.25, -0.2) is 4.79 Å². The van der Waals surface area contributed by atoms with Crippen molar-refractivity contribution in [3.8, 4) is 0 Å². The normalized spacial score (nSPS) is 24.8. The van der Waals surface area contributed by atoms with Gasteiger partial charge in [-0.05, 0) is 42.9 Å². The summed E-state index contributed by atoms with van der Waals surface area (Å²) in [6.45, 7) is 7.44. The maximum Gasteiger partial charge on any atom is 0.410 e. The van der Waals surface area contributed by atoms with Gasteiger partial charge < -0.3 is 9.64 Å². The lowest BCUT2D eigenvalue weighted by atomic mass is 9.91. The Hall–Kier alpha value is -1.11. The molecule has 1 aromatic rings. The number of hydrogen-bond donors (Lipinski definition) is 0. The first kappa shape index (κ1) is 17.3. The Labute approximate surface area is 154 Å². The molecule has 4 rings (SSSR count). The summed E-state index contributed by atoms with van der Waals surface area (Å²) in [4.78, 5) is 19.9. The van der Waals surface area contributed by atoms with Crippen LogP contribution < -0.4 is 0 Å². The van der Waals surface area contributed by atoms with Crippen molar-refractivity contribution in [1.82, 2.24) is 14.7 Å². The number of rotatable bonds is 4. The third kappa shape index (κ3) is 4.01. The minimum Gasteiger partial charge on any atom is -0.441 e. The summed E-state index contributed by atoms with van der Waals surface area (Å²) in [7, 11) is 1.83. The quantitative estimate of drug-likeness (QED) is 0.823. The molecule has 138 valence electrons. The molecule has 3 saturated heterocycles. The number of amides is 1. The Kier molecular flexibility index (Phi) is 5.02. The third-order valence-electron chi connectivity index (χ3n) is 5.85. The Balaban J connectivity index is 1.27. The lowest BCUT2D eigenvalue weighted by Gasteiger charge is -2.37. The molecule has 0 saturated carbocycles. The zero-order valence-corrected chi connectivity index (χ0v) is 16.0. The molecule has 1 spiro atoms. The highest BCUT2D eigenvalue weighted by Crippen LogP contribution is 2.33. The molecule has 0 atom stereocenters. The van der Waals surface area contributed by atoms with Gasteiger partial charge in [-0.1, -0.05) is 6.42 Å². The lowest BCUT2D eigenvalue weighted by molar-refractivity contribution is -0.000971. The minimum absolute atomic E-state index is 0.158. The predicted molar refractivity (Wildman–Crippen MR) is 99.8 cm³/mol. The van der Waals surface area contributed by atoms with Crippen LogP contribution in [0.25, 0.3) is 0 Å². The average Bonchev–Trinajstić information content (AvgIpc) is 3.15. The van der Waals surface area contributed by atoms with Gasteiger partial charge in [0.25, 0.3) is 0 Å². The van der Waals surface area contributed by atoms with E-state index < -0.39 is 0 Å². The molecule has 3 aliphatic heterocycles. The zero-order valence-electron chi connectivity index (χ0n) is 15.2. The minimum atomic E-state index is -0.225. The van der Waals surface area contributed by atoms with Crippen LogP contribution >= 0.6 is 11.3 Å². The molecule has 1 aromatic heterocycles. The number of nitrogens with zero attached hydrogens (tertiary/aromatic N) is 3. The molecular weight excluding hydrogens is 334 g/mol. The standard InChI is InChI=1S/C19H29N3O2S/c1-20-15-19(24-18(20)23)5-9-22(10-6-19)13-17-11-16(14-25-17)12-21-7-3-2-4-8-21/h11,14H,2-10,12-13,15H2,1H3. The topological polar surface area (TPSA) is 36.0 Å². The summed E-state index contributed by atoms with van der Waals surface area (Å²) in [6.07, 6.45) is 5.85. The largest absolute Gasteiger partial charge is 0.441 e. The number of ether oxygens (including phenoxy) is 1. The van der Waals surface area contributed by atoms with Crippen LogP contribution in [0.5, 0.6) is 0 Å². The molecular formula is C19H29N3O2S. The van der Waals surface area contributed by atoms with Crippen LogP contribution in [0.2, 0.25) is 0 Å². The second-order valence-electron chi connectivity index (χ2n) is 7.94. The van der Waals surface area contributed by atoms with Gasteiger partial charge in [0.15, 0.2) is 0 Å². The molecule has 5 nitrogen and oxygen atoms in total. The van der Waals surface area contributed by atoms with Crippen LogP contribution in [0.3, 0.4) is 0 Å². The van der Waals surface area contributed by atoms with Crippen molar-refractivity contribution in [2.45, 2.75) is 50.8 Å². The van der Waals surface area contributed by atoms with E-state index >= 15 is 0 Å². The Morgan fingerprint density at radius 1 is 1.08 bits per heavy atom. The summed E-state index contributed by atoms with van der Waals surface area (Å²) in [5.74, 6) is 0. The summed E-state index contributed by atoms with van der Waals surface area (Å²) >= 11 is 1.89. The van der Waals surface area contributed by atoms with Crippen LogP contribution in [-0.4, -0.2) is 66.2 Å². The number of likely N-dealkylation sites (tertiary alicyclic amines) is 2. The van der Waals surface area contributed by atoms with Crippen LogP contribution in [0.1, 0.15) is 42.5 Å². The van der Waals surface area contributed by atoms with E-state index in [0.717, 1.165) is 45.6 Å². The number of thiophene rings is 1. The Morgan fingerprint density at radius 2 is 1.80 bits per heavy atom. The van der Waals surface area contributed by atoms with E-state index in [2.05, 4.69) is 21.2 Å². The number of hydrogen-bond acceptors (Lipinski definition) is 5. The van der Waals surface area contributed by atoms with Gasteiger partial charge in [0.05, 0.1) is 6.54 Å². The van der Waals surface area contributed by atoms with E-state index in [1.807, 2.05) is 18.4 Å². The smallest absolute Gasteiger partial charge is 0.410 e. The second-order valence-corrected chi connectivity index (χ2v) is 8.94. The van der Waals surface area contributed by atoms with Crippen molar-refractivity contribution in [3.63, 3.8) is 0 Å². The van der Waals surface area contributed by atoms with Gasteiger partial charge in [-0.3, -0.25) is 9.80 Å². The van der Waals surface area contributed by atoms with E-state index in [1.165, 1.54) is 42.8 Å². The van der Waals surface area contributed by atoms with Crippen molar-refractivity contribution in [2.75, 3.05) is 39.8 Å². The zero-order chi connectivity index (χ0) is 17.3. The average molecular weight is 364 g/mol. The van der Waals surface area contributed by atoms with Gasteiger partial charge in [0.2, 0.25) is 0 Å². The number of piperidine rings is 2. The van der Waals surface area contributed by atoms with Gasteiger partial charge >= 0.3 is 6.09 Å². The molecule has 0 aliphatic carbocycles. The van der Waals surface area contributed by atoms with Crippen LogP contribution in [0, 0.1) is 0 Å². The summed E-state index contributed by atoms with van der Waals surface area (Å²) < 4.78 is 5.65. The first-order chi connectivity index (χ1) is 12.1. The van der Waals surface area contributed by atoms with Gasteiger partial charge in [-0.2, -0.15) is 0 Å². The summed E-state index contributed by atoms with van der Waals surface area (Å²) in [5, 5.41) is 2.34. The molecule has 4 heterocycles. The molecule has 0 bridgehead atoms. The lowest BCUT2D eigenvalue weighted by Crippen LogP contribution is -2.46. The van der Waals surface area contributed by atoms with Crippen molar-refractivity contribution in [2.24, 2.45) is 0 Å². The highest BCUT2D eigenvalue weighted by molar-refractivity contribution is 7.10. The third-order valence-corrected chi connectivity index (χ3v) is 6.82. The van der Waals surface area contributed by atoms with E-state index in [4.69, 9.17) is 4.74 Å².